The SMILES string of the molecule is Cc1coc2cc3onc(CC(=O)N/N=C/c4ccco4)c3cc12. The number of furan rings is 2. The normalized spacial score (nSPS) is 11.7. The van der Waals surface area contributed by atoms with Crippen molar-refractivity contribution in [3.63, 3.8) is 0 Å². The molecule has 0 spiro atoms. The third-order valence-corrected chi connectivity index (χ3v) is 3.69. The predicted molar refractivity (Wildman–Crippen MR) is 86.7 cm³/mol. The minimum absolute atomic E-state index is 0.0604. The minimum atomic E-state index is -0.294. The van der Waals surface area contributed by atoms with E-state index in [2.05, 4.69) is 15.7 Å². The van der Waals surface area contributed by atoms with E-state index in [1.165, 1.54) is 12.5 Å². The molecule has 0 fully saturated rings. The second-order valence-corrected chi connectivity index (χ2v) is 5.38. The lowest BCUT2D eigenvalue weighted by Gasteiger charge is -1.97. The van der Waals surface area contributed by atoms with E-state index in [9.17, 15) is 4.79 Å². The molecule has 0 aliphatic rings. The van der Waals surface area contributed by atoms with Crippen molar-refractivity contribution in [2.45, 2.75) is 13.3 Å². The first-order chi connectivity index (χ1) is 11.7. The van der Waals surface area contributed by atoms with E-state index in [0.29, 0.717) is 17.0 Å². The fraction of sp³-hybridized carbons (Fsp3) is 0.118. The van der Waals surface area contributed by atoms with Crippen molar-refractivity contribution in [1.29, 1.82) is 0 Å². The number of hydrogen-bond acceptors (Lipinski definition) is 6. The number of aryl methyl sites for hydroxylation is 1. The van der Waals surface area contributed by atoms with Gasteiger partial charge in [0.2, 0.25) is 5.91 Å². The molecule has 0 bridgehead atoms. The Morgan fingerprint density at radius 1 is 1.29 bits per heavy atom. The average molecular weight is 323 g/mol. The molecule has 4 aromatic rings. The molecule has 1 N–H and O–H groups in total. The van der Waals surface area contributed by atoms with Crippen LogP contribution in [-0.4, -0.2) is 17.3 Å². The second-order valence-electron chi connectivity index (χ2n) is 5.38. The molecule has 1 amide bonds. The topological polar surface area (TPSA) is 93.8 Å². The monoisotopic (exact) mass is 323 g/mol. The highest BCUT2D eigenvalue weighted by Gasteiger charge is 2.15. The lowest BCUT2D eigenvalue weighted by Crippen LogP contribution is -2.20. The number of rotatable bonds is 4. The van der Waals surface area contributed by atoms with Gasteiger partial charge < -0.3 is 13.4 Å². The highest BCUT2D eigenvalue weighted by molar-refractivity contribution is 5.97. The summed E-state index contributed by atoms with van der Waals surface area (Å²) in [6.07, 6.45) is 4.71. The van der Waals surface area contributed by atoms with Gasteiger partial charge in [-0.1, -0.05) is 5.16 Å². The third-order valence-electron chi connectivity index (χ3n) is 3.69. The van der Waals surface area contributed by atoms with Crippen LogP contribution in [0.1, 0.15) is 17.0 Å². The molecule has 24 heavy (non-hydrogen) atoms. The van der Waals surface area contributed by atoms with Gasteiger partial charge in [-0.3, -0.25) is 4.79 Å². The first-order valence-electron chi connectivity index (χ1n) is 7.32. The number of nitrogens with one attached hydrogen (secondary N) is 1. The highest BCUT2D eigenvalue weighted by atomic mass is 16.5. The third kappa shape index (κ3) is 2.56. The summed E-state index contributed by atoms with van der Waals surface area (Å²) in [6.45, 7) is 1.96. The van der Waals surface area contributed by atoms with Gasteiger partial charge >= 0.3 is 0 Å². The molecule has 0 aliphatic carbocycles. The van der Waals surface area contributed by atoms with Crippen LogP contribution >= 0.6 is 0 Å². The Morgan fingerprint density at radius 2 is 2.21 bits per heavy atom. The lowest BCUT2D eigenvalue weighted by atomic mass is 10.1. The smallest absolute Gasteiger partial charge is 0.246 e. The summed E-state index contributed by atoms with van der Waals surface area (Å²) < 4.78 is 15.8. The van der Waals surface area contributed by atoms with Crippen molar-refractivity contribution in [1.82, 2.24) is 10.6 Å². The van der Waals surface area contributed by atoms with E-state index in [1.807, 2.05) is 13.0 Å². The van der Waals surface area contributed by atoms with Gasteiger partial charge in [0.15, 0.2) is 5.58 Å². The average Bonchev–Trinajstić information content (AvgIpc) is 3.29. The maximum Gasteiger partial charge on any atom is 0.246 e. The molecule has 0 radical (unpaired) electrons. The Bertz CT molecular complexity index is 1040. The number of amides is 1. The van der Waals surface area contributed by atoms with Crippen LogP contribution in [0, 0.1) is 6.92 Å². The summed E-state index contributed by atoms with van der Waals surface area (Å²) in [7, 11) is 0. The molecule has 0 atom stereocenters. The van der Waals surface area contributed by atoms with Gasteiger partial charge in [-0.15, -0.1) is 0 Å². The van der Waals surface area contributed by atoms with E-state index in [0.717, 1.165) is 21.9 Å². The van der Waals surface area contributed by atoms with Crippen LogP contribution in [0.2, 0.25) is 0 Å². The summed E-state index contributed by atoms with van der Waals surface area (Å²) in [5.74, 6) is 0.261. The number of carbonyl (C=O) groups excluding carboxylic acids is 1. The molecule has 1 aromatic carbocycles. The number of aromatic nitrogens is 1. The number of nitrogens with zero attached hydrogens (tertiary/aromatic N) is 2. The van der Waals surface area contributed by atoms with Crippen LogP contribution < -0.4 is 5.43 Å². The number of hydrogen-bond donors (Lipinski definition) is 1. The molecule has 120 valence electrons. The summed E-state index contributed by atoms with van der Waals surface area (Å²) in [5, 5.41) is 9.58. The second kappa shape index (κ2) is 5.69. The largest absolute Gasteiger partial charge is 0.464 e. The predicted octanol–water partition coefficient (Wildman–Crippen LogP) is 3.17. The lowest BCUT2D eigenvalue weighted by molar-refractivity contribution is -0.120. The fourth-order valence-corrected chi connectivity index (χ4v) is 2.49. The van der Waals surface area contributed by atoms with Gasteiger partial charge in [0.1, 0.15) is 17.0 Å². The van der Waals surface area contributed by atoms with Crippen molar-refractivity contribution in [3.05, 3.63) is 53.8 Å². The minimum Gasteiger partial charge on any atom is -0.464 e. The van der Waals surface area contributed by atoms with Crippen molar-refractivity contribution in [2.24, 2.45) is 5.10 Å². The Kier molecular flexibility index (Phi) is 3.38. The first-order valence-corrected chi connectivity index (χ1v) is 7.32. The molecule has 3 heterocycles. The summed E-state index contributed by atoms with van der Waals surface area (Å²) in [6, 6.07) is 7.18. The van der Waals surface area contributed by atoms with Crippen LogP contribution in [0.4, 0.5) is 0 Å². The molecular weight excluding hydrogens is 310 g/mol. The number of benzene rings is 1. The zero-order chi connectivity index (χ0) is 16.5. The van der Waals surface area contributed by atoms with Crippen molar-refractivity contribution >= 4 is 34.1 Å². The molecule has 0 saturated heterocycles. The van der Waals surface area contributed by atoms with Crippen molar-refractivity contribution in [3.8, 4) is 0 Å². The molecule has 0 unspecified atom stereocenters. The van der Waals surface area contributed by atoms with Crippen molar-refractivity contribution < 1.29 is 18.2 Å². The zero-order valence-corrected chi connectivity index (χ0v) is 12.8. The van der Waals surface area contributed by atoms with Gasteiger partial charge in [0, 0.05) is 16.8 Å². The Morgan fingerprint density at radius 3 is 3.04 bits per heavy atom. The molecule has 0 aliphatic heterocycles. The Hall–Kier alpha value is -3.35. The summed E-state index contributed by atoms with van der Waals surface area (Å²) in [5.41, 5.74) is 5.33. The summed E-state index contributed by atoms with van der Waals surface area (Å²) >= 11 is 0. The summed E-state index contributed by atoms with van der Waals surface area (Å²) in [4.78, 5) is 12.0. The Balaban J connectivity index is 1.54. The van der Waals surface area contributed by atoms with Gasteiger partial charge in [0.05, 0.1) is 25.2 Å². The molecular formula is C17H13N3O4. The number of carbonyl (C=O) groups is 1. The van der Waals surface area contributed by atoms with Gasteiger partial charge in [-0.25, -0.2) is 5.43 Å². The Labute approximate surface area is 135 Å². The van der Waals surface area contributed by atoms with Crippen LogP contribution in [0.5, 0.6) is 0 Å². The molecule has 3 aromatic heterocycles. The van der Waals surface area contributed by atoms with E-state index in [4.69, 9.17) is 13.4 Å². The van der Waals surface area contributed by atoms with Crippen LogP contribution in [0.15, 0.2) is 55.3 Å². The maximum absolute atomic E-state index is 12.0. The number of fused-ring (bicyclic) bond motifs is 2. The van der Waals surface area contributed by atoms with Crippen LogP contribution in [0.25, 0.3) is 21.9 Å². The first kappa shape index (κ1) is 14.3. The molecule has 0 saturated carbocycles. The van der Waals surface area contributed by atoms with Gasteiger partial charge in [-0.05, 0) is 30.7 Å². The van der Waals surface area contributed by atoms with Gasteiger partial charge in [0.25, 0.3) is 0 Å². The fourth-order valence-electron chi connectivity index (χ4n) is 2.49. The van der Waals surface area contributed by atoms with E-state index in [1.54, 1.807) is 24.5 Å². The van der Waals surface area contributed by atoms with Crippen LogP contribution in [-0.2, 0) is 11.2 Å². The molecule has 4 rings (SSSR count). The van der Waals surface area contributed by atoms with Gasteiger partial charge in [-0.2, -0.15) is 5.10 Å². The van der Waals surface area contributed by atoms with Crippen LogP contribution in [0.3, 0.4) is 0 Å². The molecule has 7 nitrogen and oxygen atoms in total. The van der Waals surface area contributed by atoms with E-state index >= 15 is 0 Å². The number of hydrazone groups is 1. The van der Waals surface area contributed by atoms with Crippen molar-refractivity contribution in [2.75, 3.05) is 0 Å². The highest BCUT2D eigenvalue weighted by Crippen LogP contribution is 2.28. The standard InChI is InChI=1S/C17H13N3O4/c1-10-9-23-15-7-16-13(5-12(10)15)14(20-24-16)6-17(21)19-18-8-11-3-2-4-22-11/h2-5,7-9H,6H2,1H3,(H,19,21)/b18-8+. The zero-order valence-electron chi connectivity index (χ0n) is 12.8. The quantitative estimate of drug-likeness (QED) is 0.460. The molecule has 7 heteroatoms. The van der Waals surface area contributed by atoms with E-state index in [-0.39, 0.29) is 12.3 Å². The maximum atomic E-state index is 12.0. The van der Waals surface area contributed by atoms with E-state index < -0.39 is 0 Å².